The fraction of sp³-hybridized carbons (Fsp3) is 0.650. The molecule has 2 atom stereocenters. The lowest BCUT2D eigenvalue weighted by Crippen LogP contribution is -2.35. The number of carbonyl (C=O) groups is 1. The second-order valence-corrected chi connectivity index (χ2v) is 7.91. The molecule has 0 aliphatic carbocycles. The molecule has 0 heterocycles. The third kappa shape index (κ3) is 5.98. The molecule has 0 saturated heterocycles. The van der Waals surface area contributed by atoms with E-state index in [-0.39, 0.29) is 11.4 Å². The molecule has 0 radical (unpaired) electrons. The van der Waals surface area contributed by atoms with Crippen LogP contribution in [0.2, 0.25) is 0 Å². The van der Waals surface area contributed by atoms with Crippen molar-refractivity contribution in [2.24, 2.45) is 10.8 Å². The SMILES string of the molecule is CCCC(O)c1ccc(OC(=O)C(C)(CC)CC(C)(C)C)cc1. The van der Waals surface area contributed by atoms with E-state index in [0.717, 1.165) is 31.2 Å². The van der Waals surface area contributed by atoms with Crippen molar-refractivity contribution in [3.8, 4) is 5.75 Å². The van der Waals surface area contributed by atoms with E-state index < -0.39 is 11.5 Å². The zero-order chi connectivity index (χ0) is 17.7. The van der Waals surface area contributed by atoms with Gasteiger partial charge in [0.05, 0.1) is 11.5 Å². The molecule has 0 aromatic heterocycles. The monoisotopic (exact) mass is 320 g/mol. The fourth-order valence-electron chi connectivity index (χ4n) is 2.94. The van der Waals surface area contributed by atoms with Crippen LogP contribution in [0.25, 0.3) is 0 Å². The molecule has 1 aromatic carbocycles. The van der Waals surface area contributed by atoms with Crippen LogP contribution < -0.4 is 4.74 Å². The molecule has 0 fully saturated rings. The first-order chi connectivity index (χ1) is 10.6. The van der Waals surface area contributed by atoms with Gasteiger partial charge >= 0.3 is 5.97 Å². The lowest BCUT2D eigenvalue weighted by molar-refractivity contribution is -0.147. The van der Waals surface area contributed by atoms with Crippen LogP contribution in [0.5, 0.6) is 5.75 Å². The Bertz CT molecular complexity index is 499. The molecule has 2 unspecified atom stereocenters. The van der Waals surface area contributed by atoms with Crippen LogP contribution in [0.1, 0.15) is 78.9 Å². The normalized spacial score (nSPS) is 15.8. The summed E-state index contributed by atoms with van der Waals surface area (Å²) in [5.74, 6) is 0.354. The van der Waals surface area contributed by atoms with Crippen molar-refractivity contribution in [3.63, 3.8) is 0 Å². The number of esters is 1. The van der Waals surface area contributed by atoms with E-state index in [1.807, 2.05) is 32.9 Å². The Morgan fingerprint density at radius 2 is 1.70 bits per heavy atom. The quantitative estimate of drug-likeness (QED) is 0.549. The molecule has 0 saturated carbocycles. The Hall–Kier alpha value is -1.35. The van der Waals surface area contributed by atoms with E-state index >= 15 is 0 Å². The van der Waals surface area contributed by atoms with E-state index in [0.29, 0.717) is 5.75 Å². The molecule has 0 bridgehead atoms. The molecular formula is C20H32O3. The van der Waals surface area contributed by atoms with Crippen molar-refractivity contribution in [1.29, 1.82) is 0 Å². The number of rotatable bonds is 7. The van der Waals surface area contributed by atoms with Crippen LogP contribution in [-0.4, -0.2) is 11.1 Å². The van der Waals surface area contributed by atoms with E-state index in [2.05, 4.69) is 20.8 Å². The molecule has 0 spiro atoms. The molecule has 1 rings (SSSR count). The van der Waals surface area contributed by atoms with Gasteiger partial charge in [-0.1, -0.05) is 53.2 Å². The molecule has 1 aromatic rings. The fourth-order valence-corrected chi connectivity index (χ4v) is 2.94. The van der Waals surface area contributed by atoms with Crippen LogP contribution in [0.4, 0.5) is 0 Å². The summed E-state index contributed by atoms with van der Waals surface area (Å²) in [5.41, 5.74) is 0.441. The average Bonchev–Trinajstić information content (AvgIpc) is 2.46. The van der Waals surface area contributed by atoms with Gasteiger partial charge in [-0.3, -0.25) is 4.79 Å². The lowest BCUT2D eigenvalue weighted by Gasteiger charge is -2.32. The van der Waals surface area contributed by atoms with Crippen LogP contribution in [-0.2, 0) is 4.79 Å². The number of hydrogen-bond donors (Lipinski definition) is 1. The molecule has 130 valence electrons. The largest absolute Gasteiger partial charge is 0.426 e. The van der Waals surface area contributed by atoms with Gasteiger partial charge in [0.15, 0.2) is 0 Å². The standard InChI is InChI=1S/C20H32O3/c1-7-9-17(21)15-10-12-16(13-11-15)23-18(22)20(6,8-2)14-19(3,4)5/h10-13,17,21H,7-9,14H2,1-6H3. The van der Waals surface area contributed by atoms with E-state index in [1.54, 1.807) is 12.1 Å². The summed E-state index contributed by atoms with van der Waals surface area (Å²) >= 11 is 0. The molecular weight excluding hydrogens is 288 g/mol. The predicted octanol–water partition coefficient (Wildman–Crippen LogP) is 5.28. The minimum Gasteiger partial charge on any atom is -0.426 e. The first-order valence-electron chi connectivity index (χ1n) is 8.61. The van der Waals surface area contributed by atoms with Gasteiger partial charge in [-0.25, -0.2) is 0 Å². The Morgan fingerprint density at radius 3 is 2.13 bits per heavy atom. The lowest BCUT2D eigenvalue weighted by atomic mass is 9.73. The summed E-state index contributed by atoms with van der Waals surface area (Å²) in [5, 5.41) is 9.98. The van der Waals surface area contributed by atoms with Gasteiger partial charge in [-0.15, -0.1) is 0 Å². The number of benzene rings is 1. The molecule has 3 heteroatoms. The second kappa shape index (κ2) is 7.96. The Morgan fingerprint density at radius 1 is 1.13 bits per heavy atom. The van der Waals surface area contributed by atoms with Crippen molar-refractivity contribution < 1.29 is 14.6 Å². The van der Waals surface area contributed by atoms with Crippen LogP contribution in [0.3, 0.4) is 0 Å². The number of carbonyl (C=O) groups excluding carboxylic acids is 1. The highest BCUT2D eigenvalue weighted by atomic mass is 16.5. The van der Waals surface area contributed by atoms with Crippen LogP contribution >= 0.6 is 0 Å². The number of hydrogen-bond acceptors (Lipinski definition) is 3. The molecule has 3 nitrogen and oxygen atoms in total. The summed E-state index contributed by atoms with van der Waals surface area (Å²) in [4.78, 5) is 12.6. The van der Waals surface area contributed by atoms with Gasteiger partial charge in [0, 0.05) is 0 Å². The minimum atomic E-state index is -0.487. The first kappa shape index (κ1) is 19.7. The van der Waals surface area contributed by atoms with Crippen molar-refractivity contribution in [2.75, 3.05) is 0 Å². The highest BCUT2D eigenvalue weighted by molar-refractivity contribution is 5.78. The third-order valence-electron chi connectivity index (χ3n) is 4.23. The molecule has 23 heavy (non-hydrogen) atoms. The summed E-state index contributed by atoms with van der Waals surface area (Å²) in [6.07, 6.45) is 2.74. The van der Waals surface area contributed by atoms with E-state index in [1.165, 1.54) is 0 Å². The summed E-state index contributed by atoms with van der Waals surface area (Å²) in [6.45, 7) is 12.5. The number of aliphatic hydroxyl groups is 1. The predicted molar refractivity (Wildman–Crippen MR) is 94.4 cm³/mol. The van der Waals surface area contributed by atoms with Crippen LogP contribution in [0, 0.1) is 10.8 Å². The van der Waals surface area contributed by atoms with Crippen molar-refractivity contribution in [1.82, 2.24) is 0 Å². The maximum absolute atomic E-state index is 12.6. The van der Waals surface area contributed by atoms with Gasteiger partial charge in [0.25, 0.3) is 0 Å². The number of ether oxygens (including phenoxy) is 1. The summed E-state index contributed by atoms with van der Waals surface area (Å²) in [7, 11) is 0. The third-order valence-corrected chi connectivity index (χ3v) is 4.23. The second-order valence-electron chi connectivity index (χ2n) is 7.91. The van der Waals surface area contributed by atoms with Gasteiger partial charge in [-0.2, -0.15) is 0 Å². The zero-order valence-corrected chi connectivity index (χ0v) is 15.5. The maximum atomic E-state index is 12.6. The van der Waals surface area contributed by atoms with Gasteiger partial charge in [0.1, 0.15) is 5.75 Å². The smallest absolute Gasteiger partial charge is 0.317 e. The van der Waals surface area contributed by atoms with Crippen molar-refractivity contribution in [3.05, 3.63) is 29.8 Å². The number of aliphatic hydroxyl groups excluding tert-OH is 1. The Balaban J connectivity index is 2.80. The molecule has 0 aliphatic heterocycles. The van der Waals surface area contributed by atoms with Gasteiger partial charge < -0.3 is 9.84 Å². The highest BCUT2D eigenvalue weighted by Gasteiger charge is 2.37. The van der Waals surface area contributed by atoms with Gasteiger partial charge in [-0.05, 0) is 49.3 Å². The topological polar surface area (TPSA) is 46.5 Å². The van der Waals surface area contributed by atoms with E-state index in [9.17, 15) is 9.90 Å². The average molecular weight is 320 g/mol. The van der Waals surface area contributed by atoms with Crippen molar-refractivity contribution >= 4 is 5.97 Å². The minimum absolute atomic E-state index is 0.0674. The summed E-state index contributed by atoms with van der Waals surface area (Å²) in [6, 6.07) is 7.19. The summed E-state index contributed by atoms with van der Waals surface area (Å²) < 4.78 is 5.59. The zero-order valence-electron chi connectivity index (χ0n) is 15.5. The Kier molecular flexibility index (Phi) is 6.82. The Labute approximate surface area is 141 Å². The van der Waals surface area contributed by atoms with Crippen molar-refractivity contribution in [2.45, 2.75) is 73.3 Å². The first-order valence-corrected chi connectivity index (χ1v) is 8.61. The molecule has 0 aliphatic rings. The molecule has 1 N–H and O–H groups in total. The maximum Gasteiger partial charge on any atom is 0.317 e. The highest BCUT2D eigenvalue weighted by Crippen LogP contribution is 2.37. The van der Waals surface area contributed by atoms with Crippen LogP contribution in [0.15, 0.2) is 24.3 Å². The van der Waals surface area contributed by atoms with E-state index in [4.69, 9.17) is 4.74 Å². The molecule has 0 amide bonds. The van der Waals surface area contributed by atoms with Gasteiger partial charge in [0.2, 0.25) is 0 Å².